The predicted octanol–water partition coefficient (Wildman–Crippen LogP) is 7.87. The Bertz CT molecular complexity index is 567. The standard InChI is InChI=1S/C27H46O/c1-7-21(4)23(17-19-28)13-14-24-12-9-18-27(6)25(15-16-26(24)27)22(5)11-8-10-20(2)3/h13-14,20,22,25-26,28H,4,7-12,15-19H2,1-3,5-6H3/b23-13-,24-14+. The van der Waals surface area contributed by atoms with E-state index in [1.54, 1.807) is 5.57 Å². The van der Waals surface area contributed by atoms with Gasteiger partial charge >= 0.3 is 0 Å². The summed E-state index contributed by atoms with van der Waals surface area (Å²) in [6.07, 6.45) is 17.4. The molecule has 0 aliphatic heterocycles. The molecular weight excluding hydrogens is 340 g/mol. The molecule has 0 aromatic heterocycles. The molecule has 2 saturated carbocycles. The minimum absolute atomic E-state index is 0.213. The lowest BCUT2D eigenvalue weighted by molar-refractivity contribution is 0.0929. The molecular formula is C27H46O. The molecule has 0 spiro atoms. The number of aliphatic hydroxyl groups is 1. The highest BCUT2D eigenvalue weighted by molar-refractivity contribution is 5.34. The summed E-state index contributed by atoms with van der Waals surface area (Å²) in [5.74, 6) is 3.34. The van der Waals surface area contributed by atoms with Crippen LogP contribution in [0.5, 0.6) is 0 Å². The molecule has 0 amide bonds. The van der Waals surface area contributed by atoms with Gasteiger partial charge in [-0.05, 0) is 79.6 Å². The molecule has 4 atom stereocenters. The molecule has 4 unspecified atom stereocenters. The molecule has 0 aromatic rings. The van der Waals surface area contributed by atoms with E-state index in [0.29, 0.717) is 5.41 Å². The molecule has 2 aliphatic rings. The van der Waals surface area contributed by atoms with E-state index in [0.717, 1.165) is 36.5 Å². The van der Waals surface area contributed by atoms with E-state index in [4.69, 9.17) is 0 Å². The molecule has 0 bridgehead atoms. The Morgan fingerprint density at radius 2 is 2.00 bits per heavy atom. The van der Waals surface area contributed by atoms with Crippen molar-refractivity contribution in [1.29, 1.82) is 0 Å². The van der Waals surface area contributed by atoms with Gasteiger partial charge in [-0.3, -0.25) is 0 Å². The molecule has 2 rings (SSSR count). The summed E-state index contributed by atoms with van der Waals surface area (Å²) in [6, 6.07) is 0. The van der Waals surface area contributed by atoms with Crippen molar-refractivity contribution in [2.75, 3.05) is 6.61 Å². The lowest BCUT2D eigenvalue weighted by Crippen LogP contribution is -2.36. The van der Waals surface area contributed by atoms with E-state index < -0.39 is 0 Å². The molecule has 160 valence electrons. The van der Waals surface area contributed by atoms with Crippen molar-refractivity contribution in [3.05, 3.63) is 35.5 Å². The van der Waals surface area contributed by atoms with Crippen molar-refractivity contribution in [2.24, 2.45) is 29.1 Å². The van der Waals surface area contributed by atoms with Crippen molar-refractivity contribution in [3.8, 4) is 0 Å². The van der Waals surface area contributed by atoms with Gasteiger partial charge in [0, 0.05) is 6.61 Å². The highest BCUT2D eigenvalue weighted by Crippen LogP contribution is 2.59. The van der Waals surface area contributed by atoms with E-state index >= 15 is 0 Å². The van der Waals surface area contributed by atoms with Crippen LogP contribution in [-0.4, -0.2) is 11.7 Å². The smallest absolute Gasteiger partial charge is 0.0471 e. The minimum Gasteiger partial charge on any atom is -0.396 e. The van der Waals surface area contributed by atoms with Crippen LogP contribution in [-0.2, 0) is 0 Å². The van der Waals surface area contributed by atoms with Crippen molar-refractivity contribution >= 4 is 0 Å². The van der Waals surface area contributed by atoms with Crippen molar-refractivity contribution in [1.82, 2.24) is 0 Å². The van der Waals surface area contributed by atoms with E-state index in [-0.39, 0.29) is 6.61 Å². The summed E-state index contributed by atoms with van der Waals surface area (Å²) in [6.45, 7) is 16.4. The van der Waals surface area contributed by atoms with Gasteiger partial charge in [-0.2, -0.15) is 0 Å². The van der Waals surface area contributed by atoms with Gasteiger partial charge in [-0.1, -0.05) is 83.8 Å². The first kappa shape index (κ1) is 23.5. The van der Waals surface area contributed by atoms with Crippen LogP contribution in [0.3, 0.4) is 0 Å². The summed E-state index contributed by atoms with van der Waals surface area (Å²) < 4.78 is 0. The molecule has 28 heavy (non-hydrogen) atoms. The number of fused-ring (bicyclic) bond motifs is 1. The minimum atomic E-state index is 0.213. The van der Waals surface area contributed by atoms with Gasteiger partial charge in [0.2, 0.25) is 0 Å². The zero-order valence-corrected chi connectivity index (χ0v) is 19.4. The van der Waals surface area contributed by atoms with Crippen molar-refractivity contribution in [3.63, 3.8) is 0 Å². The van der Waals surface area contributed by atoms with Crippen molar-refractivity contribution in [2.45, 2.75) is 98.8 Å². The van der Waals surface area contributed by atoms with Gasteiger partial charge in [0.1, 0.15) is 0 Å². The fraction of sp³-hybridized carbons (Fsp3) is 0.778. The van der Waals surface area contributed by atoms with Crippen LogP contribution in [0.1, 0.15) is 98.8 Å². The molecule has 0 aromatic carbocycles. The first-order valence-corrected chi connectivity index (χ1v) is 12.0. The molecule has 2 fully saturated rings. The quantitative estimate of drug-likeness (QED) is 0.379. The van der Waals surface area contributed by atoms with Gasteiger partial charge in [0.05, 0.1) is 0 Å². The third-order valence-corrected chi connectivity index (χ3v) is 7.93. The Morgan fingerprint density at radius 3 is 2.64 bits per heavy atom. The molecule has 2 aliphatic carbocycles. The Labute approximate surface area is 175 Å². The maximum absolute atomic E-state index is 9.41. The zero-order chi connectivity index (χ0) is 20.7. The fourth-order valence-electron chi connectivity index (χ4n) is 6.20. The highest BCUT2D eigenvalue weighted by Gasteiger charge is 2.50. The zero-order valence-electron chi connectivity index (χ0n) is 19.4. The Hall–Kier alpha value is -0.820. The lowest BCUT2D eigenvalue weighted by atomic mass is 9.60. The SMILES string of the molecule is C=C(CC)/C(=C\C=C1/CCCC2(C)C1CCC2C(C)CCCC(C)C)CCO. The normalized spacial score (nSPS) is 30.7. The van der Waals surface area contributed by atoms with Crippen LogP contribution in [0.4, 0.5) is 0 Å². The first-order valence-electron chi connectivity index (χ1n) is 12.0. The molecule has 1 N–H and O–H groups in total. The van der Waals surface area contributed by atoms with Gasteiger partial charge in [0.25, 0.3) is 0 Å². The maximum atomic E-state index is 9.41. The number of hydrogen-bond donors (Lipinski definition) is 1. The third-order valence-electron chi connectivity index (χ3n) is 7.93. The van der Waals surface area contributed by atoms with E-state index in [2.05, 4.69) is 53.3 Å². The van der Waals surface area contributed by atoms with Crippen LogP contribution in [0.2, 0.25) is 0 Å². The number of allylic oxidation sites excluding steroid dienone is 4. The predicted molar refractivity (Wildman–Crippen MR) is 123 cm³/mol. The Balaban J connectivity index is 2.12. The second-order valence-electron chi connectivity index (χ2n) is 10.3. The van der Waals surface area contributed by atoms with Gasteiger partial charge < -0.3 is 5.11 Å². The molecule has 0 radical (unpaired) electrons. The Morgan fingerprint density at radius 1 is 1.25 bits per heavy atom. The number of aliphatic hydroxyl groups excluding tert-OH is 1. The fourth-order valence-corrected chi connectivity index (χ4v) is 6.20. The Kier molecular flexibility index (Phi) is 9.06. The molecule has 1 nitrogen and oxygen atoms in total. The summed E-state index contributed by atoms with van der Waals surface area (Å²) in [7, 11) is 0. The summed E-state index contributed by atoms with van der Waals surface area (Å²) in [5.41, 5.74) is 4.58. The summed E-state index contributed by atoms with van der Waals surface area (Å²) in [4.78, 5) is 0. The average Bonchev–Trinajstić information content (AvgIpc) is 3.01. The second kappa shape index (κ2) is 10.8. The monoisotopic (exact) mass is 386 g/mol. The lowest BCUT2D eigenvalue weighted by Gasteiger charge is -2.44. The first-order chi connectivity index (χ1) is 13.3. The average molecular weight is 387 g/mol. The van der Waals surface area contributed by atoms with Crippen LogP contribution < -0.4 is 0 Å². The summed E-state index contributed by atoms with van der Waals surface area (Å²) >= 11 is 0. The number of rotatable bonds is 10. The molecule has 1 heteroatoms. The van der Waals surface area contributed by atoms with E-state index in [1.165, 1.54) is 62.5 Å². The van der Waals surface area contributed by atoms with Crippen LogP contribution in [0.25, 0.3) is 0 Å². The van der Waals surface area contributed by atoms with Gasteiger partial charge in [0.15, 0.2) is 0 Å². The van der Waals surface area contributed by atoms with Crippen LogP contribution in [0, 0.1) is 29.1 Å². The van der Waals surface area contributed by atoms with Crippen molar-refractivity contribution < 1.29 is 5.11 Å². The topological polar surface area (TPSA) is 20.2 Å². The number of hydrogen-bond acceptors (Lipinski definition) is 1. The molecule has 0 heterocycles. The molecule has 0 saturated heterocycles. The third kappa shape index (κ3) is 5.62. The second-order valence-corrected chi connectivity index (χ2v) is 10.3. The summed E-state index contributed by atoms with van der Waals surface area (Å²) in [5, 5.41) is 9.41. The van der Waals surface area contributed by atoms with Gasteiger partial charge in [-0.25, -0.2) is 0 Å². The highest BCUT2D eigenvalue weighted by atomic mass is 16.2. The van der Waals surface area contributed by atoms with Crippen LogP contribution >= 0.6 is 0 Å². The van der Waals surface area contributed by atoms with E-state index in [1.807, 2.05) is 0 Å². The largest absolute Gasteiger partial charge is 0.396 e. The maximum Gasteiger partial charge on any atom is 0.0471 e. The van der Waals surface area contributed by atoms with Gasteiger partial charge in [-0.15, -0.1) is 0 Å². The van der Waals surface area contributed by atoms with E-state index in [9.17, 15) is 5.11 Å². The van der Waals surface area contributed by atoms with Crippen LogP contribution in [0.15, 0.2) is 35.5 Å².